The van der Waals surface area contributed by atoms with Gasteiger partial charge in [0.1, 0.15) is 55.1 Å². The highest BCUT2D eigenvalue weighted by molar-refractivity contribution is 5.77. The number of nitrogens with one attached hydrogen (secondary N) is 1. The number of hydrogen-bond donors (Lipinski definition) is 8. The van der Waals surface area contributed by atoms with Crippen LogP contribution < -0.4 is 5.32 Å². The molecule has 0 bridgehead atoms. The molecule has 1 rings (SSSR count). The number of aliphatic hydroxyl groups excluding tert-OH is 7. The molecule has 9 atom stereocenters. The molecule has 1 aliphatic heterocycles. The van der Waals surface area contributed by atoms with Gasteiger partial charge >= 0.3 is 0 Å². The monoisotopic (exact) mass is 383 g/mol. The fraction of sp³-hybridized carbons (Fsp3) is 0.857. The molecule has 0 radical (unpaired) electrons. The van der Waals surface area contributed by atoms with E-state index in [1.54, 1.807) is 0 Å². The van der Waals surface area contributed by atoms with Crippen LogP contribution in [0.3, 0.4) is 0 Å². The van der Waals surface area contributed by atoms with E-state index in [-0.39, 0.29) is 6.29 Å². The van der Waals surface area contributed by atoms with E-state index < -0.39 is 74.2 Å². The molecule has 8 N–H and O–H groups in total. The van der Waals surface area contributed by atoms with Crippen molar-refractivity contribution in [3.63, 3.8) is 0 Å². The molecule has 1 heterocycles. The van der Waals surface area contributed by atoms with Crippen molar-refractivity contribution in [1.82, 2.24) is 5.32 Å². The van der Waals surface area contributed by atoms with Crippen LogP contribution in [0.25, 0.3) is 0 Å². The number of aldehydes is 1. The van der Waals surface area contributed by atoms with E-state index in [1.807, 2.05) is 0 Å². The van der Waals surface area contributed by atoms with Crippen LogP contribution >= 0.6 is 0 Å². The molecule has 12 nitrogen and oxygen atoms in total. The normalized spacial score (nSPS) is 33.8. The third-order valence-corrected chi connectivity index (χ3v) is 3.91. The zero-order valence-corrected chi connectivity index (χ0v) is 14.0. The average molecular weight is 383 g/mol. The molecule has 152 valence electrons. The molecule has 0 unspecified atom stereocenters. The van der Waals surface area contributed by atoms with Crippen LogP contribution in [0.1, 0.15) is 6.92 Å². The van der Waals surface area contributed by atoms with Gasteiger partial charge in [0, 0.05) is 6.92 Å². The second kappa shape index (κ2) is 10.2. The Kier molecular flexibility index (Phi) is 8.95. The highest BCUT2D eigenvalue weighted by Crippen LogP contribution is 2.22. The van der Waals surface area contributed by atoms with Gasteiger partial charge in [-0.05, 0) is 0 Å². The highest BCUT2D eigenvalue weighted by Gasteiger charge is 2.44. The molecule has 0 aliphatic carbocycles. The Hall–Kier alpha value is -1.22. The van der Waals surface area contributed by atoms with Crippen molar-refractivity contribution in [3.8, 4) is 0 Å². The predicted molar refractivity (Wildman–Crippen MR) is 81.4 cm³/mol. The van der Waals surface area contributed by atoms with Crippen molar-refractivity contribution < 1.29 is 54.8 Å². The molecular formula is C14H25NO11. The van der Waals surface area contributed by atoms with Gasteiger partial charge in [0.05, 0.1) is 13.2 Å². The first-order valence-corrected chi connectivity index (χ1v) is 7.82. The average Bonchev–Trinajstić information content (AvgIpc) is 2.61. The number of aliphatic hydroxyl groups is 7. The standard InChI is InChI=1S/C14H25NO11/c1-5(18)15-6(2-16)9(20)10(21)7(19)4-25-14-13(24)12(23)11(22)8(3-17)26-14/h2,6-14,17,19-24H,3-4H2,1H3,(H,15,18)/t6-,7-,8+,9-,10-,11+,12-,13+,14+/m1/s1. The van der Waals surface area contributed by atoms with Crippen molar-refractivity contribution >= 4 is 12.2 Å². The summed E-state index contributed by atoms with van der Waals surface area (Å²) >= 11 is 0. The first kappa shape index (κ1) is 22.8. The van der Waals surface area contributed by atoms with Gasteiger partial charge in [-0.15, -0.1) is 0 Å². The predicted octanol–water partition coefficient (Wildman–Crippen LogP) is -5.41. The van der Waals surface area contributed by atoms with Crippen LogP contribution in [0.4, 0.5) is 0 Å². The largest absolute Gasteiger partial charge is 0.394 e. The SMILES string of the molecule is CC(=O)N[C@H](C=O)[C@@H](O)[C@H](O)[C@H](O)CO[C@H]1O[C@@H](CO)[C@H](O)[C@@H](O)[C@@H]1O. The Bertz CT molecular complexity index is 462. The quantitative estimate of drug-likeness (QED) is 0.176. The van der Waals surface area contributed by atoms with Crippen molar-refractivity contribution in [1.29, 1.82) is 0 Å². The van der Waals surface area contributed by atoms with Crippen LogP contribution in [0.5, 0.6) is 0 Å². The second-order valence-corrected chi connectivity index (χ2v) is 5.94. The zero-order valence-electron chi connectivity index (χ0n) is 14.0. The summed E-state index contributed by atoms with van der Waals surface area (Å²) in [6, 6.07) is -1.47. The summed E-state index contributed by atoms with van der Waals surface area (Å²) in [6.07, 6.45) is -13.0. The molecule has 0 aromatic carbocycles. The smallest absolute Gasteiger partial charge is 0.217 e. The van der Waals surface area contributed by atoms with E-state index in [2.05, 4.69) is 5.32 Å². The lowest BCUT2D eigenvalue weighted by Gasteiger charge is -2.40. The molecule has 26 heavy (non-hydrogen) atoms. The lowest BCUT2D eigenvalue weighted by molar-refractivity contribution is -0.306. The van der Waals surface area contributed by atoms with Gasteiger partial charge in [-0.3, -0.25) is 4.79 Å². The Labute approximate surface area is 148 Å². The lowest BCUT2D eigenvalue weighted by Crippen LogP contribution is -2.59. The molecule has 12 heteroatoms. The van der Waals surface area contributed by atoms with Crippen molar-refractivity contribution in [2.75, 3.05) is 13.2 Å². The number of hydrogen-bond acceptors (Lipinski definition) is 11. The zero-order chi connectivity index (χ0) is 20.0. The number of amides is 1. The van der Waals surface area contributed by atoms with E-state index >= 15 is 0 Å². The molecule has 0 saturated carbocycles. The molecule has 1 aliphatic rings. The Balaban J connectivity index is 2.62. The summed E-state index contributed by atoms with van der Waals surface area (Å²) in [5, 5.41) is 69.7. The lowest BCUT2D eigenvalue weighted by atomic mass is 9.99. The van der Waals surface area contributed by atoms with E-state index in [0.717, 1.165) is 6.92 Å². The summed E-state index contributed by atoms with van der Waals surface area (Å²) in [6.45, 7) is -0.284. The maximum atomic E-state index is 10.9. The minimum Gasteiger partial charge on any atom is -0.394 e. The number of carbonyl (C=O) groups is 2. The maximum absolute atomic E-state index is 10.9. The van der Waals surface area contributed by atoms with Crippen LogP contribution in [-0.2, 0) is 19.1 Å². The van der Waals surface area contributed by atoms with Crippen LogP contribution in [-0.4, -0.2) is 116 Å². The van der Waals surface area contributed by atoms with E-state index in [9.17, 15) is 40.2 Å². The Morgan fingerprint density at radius 1 is 1.15 bits per heavy atom. The molecule has 1 fully saturated rings. The second-order valence-electron chi connectivity index (χ2n) is 5.94. The molecule has 0 spiro atoms. The molecule has 1 saturated heterocycles. The van der Waals surface area contributed by atoms with E-state index in [0.29, 0.717) is 0 Å². The number of rotatable bonds is 9. The summed E-state index contributed by atoms with van der Waals surface area (Å²) < 4.78 is 10.1. The Morgan fingerprint density at radius 3 is 2.27 bits per heavy atom. The summed E-state index contributed by atoms with van der Waals surface area (Å²) in [7, 11) is 0. The third kappa shape index (κ3) is 5.64. The van der Waals surface area contributed by atoms with Gasteiger partial charge in [0.25, 0.3) is 0 Å². The molecule has 0 aromatic rings. The van der Waals surface area contributed by atoms with Gasteiger partial charge in [0.2, 0.25) is 5.91 Å². The van der Waals surface area contributed by atoms with Crippen LogP contribution in [0.2, 0.25) is 0 Å². The van der Waals surface area contributed by atoms with E-state index in [1.165, 1.54) is 0 Å². The van der Waals surface area contributed by atoms with Gasteiger partial charge < -0.3 is 55.3 Å². The first-order chi connectivity index (χ1) is 12.1. The Morgan fingerprint density at radius 2 is 1.77 bits per heavy atom. The number of ether oxygens (including phenoxy) is 2. The van der Waals surface area contributed by atoms with Crippen LogP contribution in [0.15, 0.2) is 0 Å². The van der Waals surface area contributed by atoms with Gasteiger partial charge in [-0.25, -0.2) is 0 Å². The summed E-state index contributed by atoms with van der Waals surface area (Å²) in [5.41, 5.74) is 0. The summed E-state index contributed by atoms with van der Waals surface area (Å²) in [5.74, 6) is -0.639. The summed E-state index contributed by atoms with van der Waals surface area (Å²) in [4.78, 5) is 21.8. The van der Waals surface area contributed by atoms with Gasteiger partial charge in [0.15, 0.2) is 6.29 Å². The van der Waals surface area contributed by atoms with Gasteiger partial charge in [-0.1, -0.05) is 0 Å². The minimum absolute atomic E-state index is 0.181. The fourth-order valence-corrected chi connectivity index (χ4v) is 2.37. The fourth-order valence-electron chi connectivity index (χ4n) is 2.37. The first-order valence-electron chi connectivity index (χ1n) is 7.82. The van der Waals surface area contributed by atoms with Crippen molar-refractivity contribution in [2.24, 2.45) is 0 Å². The van der Waals surface area contributed by atoms with E-state index in [4.69, 9.17) is 14.6 Å². The minimum atomic E-state index is -1.90. The molecule has 1 amide bonds. The molecular weight excluding hydrogens is 358 g/mol. The maximum Gasteiger partial charge on any atom is 0.217 e. The molecule has 0 aromatic heterocycles. The number of carbonyl (C=O) groups excluding carboxylic acids is 2. The van der Waals surface area contributed by atoms with Gasteiger partial charge in [-0.2, -0.15) is 0 Å². The van der Waals surface area contributed by atoms with Crippen LogP contribution in [0, 0.1) is 0 Å². The third-order valence-electron chi connectivity index (χ3n) is 3.91. The topological polar surface area (TPSA) is 206 Å². The highest BCUT2D eigenvalue weighted by atomic mass is 16.7. The van der Waals surface area contributed by atoms with Crippen molar-refractivity contribution in [2.45, 2.75) is 62.0 Å². The van der Waals surface area contributed by atoms with Crippen molar-refractivity contribution in [3.05, 3.63) is 0 Å².